The van der Waals surface area contributed by atoms with Gasteiger partial charge in [-0.2, -0.15) is 0 Å². The second kappa shape index (κ2) is 12.2. The summed E-state index contributed by atoms with van der Waals surface area (Å²) in [6, 6.07) is 4.19. The minimum atomic E-state index is -1.04. The molecule has 0 saturated carbocycles. The Morgan fingerprint density at radius 1 is 1.11 bits per heavy atom. The topological polar surface area (TPSA) is 158 Å². The van der Waals surface area contributed by atoms with Crippen molar-refractivity contribution in [1.29, 1.82) is 0 Å². The highest BCUT2D eigenvalue weighted by atomic mass is 16.4. The van der Waals surface area contributed by atoms with Crippen LogP contribution in [0.3, 0.4) is 0 Å². The number of amides is 3. The predicted octanol–water partition coefficient (Wildman–Crippen LogP) is 1.79. The first-order chi connectivity index (χ1) is 17.5. The Bertz CT molecular complexity index is 1130. The maximum absolute atomic E-state index is 13.3. The van der Waals surface area contributed by atoms with E-state index in [0.29, 0.717) is 32.2 Å². The zero-order valence-corrected chi connectivity index (χ0v) is 22.0. The molecule has 0 radical (unpaired) electrons. The Balaban J connectivity index is 1.69. The highest BCUT2D eigenvalue weighted by Gasteiger charge is 2.39. The summed E-state index contributed by atoms with van der Waals surface area (Å²) < 4.78 is 0. The number of rotatable bonds is 11. The summed E-state index contributed by atoms with van der Waals surface area (Å²) >= 11 is 0. The summed E-state index contributed by atoms with van der Waals surface area (Å²) in [6.07, 6.45) is 3.47. The van der Waals surface area contributed by atoms with Crippen LogP contribution in [0.4, 0.5) is 0 Å². The number of H-pyrrole nitrogens is 1. The summed E-state index contributed by atoms with van der Waals surface area (Å²) in [6.45, 7) is 7.80. The second-order valence-corrected chi connectivity index (χ2v) is 10.6. The summed E-state index contributed by atoms with van der Waals surface area (Å²) in [5.41, 5.74) is 8.08. The number of aromatic amines is 1. The van der Waals surface area contributed by atoms with Crippen molar-refractivity contribution in [1.82, 2.24) is 20.5 Å². The van der Waals surface area contributed by atoms with Crippen LogP contribution in [0.25, 0.3) is 10.9 Å². The molecule has 6 N–H and O–H groups in total. The maximum Gasteiger partial charge on any atom is 0.326 e. The number of carboxylic acid groups (broad SMARTS) is 1. The molecule has 3 amide bonds. The fourth-order valence-electron chi connectivity index (χ4n) is 4.87. The number of likely N-dealkylation sites (tertiary alicyclic amines) is 1. The molecule has 1 fully saturated rings. The summed E-state index contributed by atoms with van der Waals surface area (Å²) in [5, 5.41) is 16.0. The summed E-state index contributed by atoms with van der Waals surface area (Å²) in [4.78, 5) is 55.7. The van der Waals surface area contributed by atoms with Crippen molar-refractivity contribution in [2.24, 2.45) is 17.6 Å². The number of carbonyl (C=O) groups is 4. The monoisotopic (exact) mass is 513 g/mol. The van der Waals surface area contributed by atoms with Crippen molar-refractivity contribution < 1.29 is 24.3 Å². The smallest absolute Gasteiger partial charge is 0.326 e. The van der Waals surface area contributed by atoms with Crippen LogP contribution in [-0.2, 0) is 25.6 Å². The number of nitrogens with zero attached hydrogens (tertiary/aromatic N) is 1. The van der Waals surface area contributed by atoms with Gasteiger partial charge in [0, 0.05) is 23.6 Å². The Morgan fingerprint density at radius 2 is 1.81 bits per heavy atom. The molecule has 37 heavy (non-hydrogen) atoms. The average Bonchev–Trinajstić information content (AvgIpc) is 3.48. The largest absolute Gasteiger partial charge is 0.480 e. The van der Waals surface area contributed by atoms with Gasteiger partial charge in [-0.05, 0) is 49.1 Å². The van der Waals surface area contributed by atoms with Gasteiger partial charge in [-0.3, -0.25) is 14.4 Å². The number of nitrogens with one attached hydrogen (secondary N) is 3. The molecular formula is C27H39N5O5. The lowest BCUT2D eigenvalue weighted by molar-refractivity contribution is -0.149. The zero-order valence-electron chi connectivity index (χ0n) is 22.0. The first kappa shape index (κ1) is 28.2. The number of aromatic nitrogens is 1. The van der Waals surface area contributed by atoms with Crippen molar-refractivity contribution in [3.63, 3.8) is 0 Å². The number of hydrogen-bond acceptors (Lipinski definition) is 5. The number of carbonyl (C=O) groups excluding carboxylic acids is 3. The molecule has 2 aromatic rings. The molecule has 10 nitrogen and oxygen atoms in total. The number of nitrogens with two attached hydrogens (primary N) is 1. The number of fused-ring (bicyclic) bond motifs is 1. The van der Waals surface area contributed by atoms with Crippen LogP contribution in [0, 0.1) is 11.8 Å². The van der Waals surface area contributed by atoms with Crippen LogP contribution in [-0.4, -0.2) is 69.4 Å². The van der Waals surface area contributed by atoms with E-state index in [4.69, 9.17) is 5.73 Å². The van der Waals surface area contributed by atoms with E-state index < -0.39 is 47.9 Å². The molecule has 1 aliphatic heterocycles. The molecule has 1 aliphatic rings. The number of para-hydroxylation sites is 1. The third kappa shape index (κ3) is 6.88. The Morgan fingerprint density at radius 3 is 2.46 bits per heavy atom. The summed E-state index contributed by atoms with van der Waals surface area (Å²) in [5.74, 6) is -2.59. The second-order valence-electron chi connectivity index (χ2n) is 10.6. The Kier molecular flexibility index (Phi) is 9.31. The van der Waals surface area contributed by atoms with Gasteiger partial charge in [-0.15, -0.1) is 0 Å². The van der Waals surface area contributed by atoms with Crippen molar-refractivity contribution >= 4 is 34.6 Å². The lowest BCUT2D eigenvalue weighted by Gasteiger charge is -2.30. The minimum absolute atomic E-state index is 0.0804. The number of carboxylic acids is 1. The average molecular weight is 514 g/mol. The van der Waals surface area contributed by atoms with Crippen molar-refractivity contribution in [2.45, 2.75) is 77.5 Å². The van der Waals surface area contributed by atoms with Crippen LogP contribution in [0.1, 0.15) is 52.5 Å². The van der Waals surface area contributed by atoms with Gasteiger partial charge in [-0.1, -0.05) is 45.9 Å². The van der Waals surface area contributed by atoms with E-state index in [1.807, 2.05) is 44.3 Å². The highest BCUT2D eigenvalue weighted by Crippen LogP contribution is 2.21. The molecule has 1 aromatic carbocycles. The molecule has 0 aliphatic carbocycles. The van der Waals surface area contributed by atoms with Crippen LogP contribution in [0.5, 0.6) is 0 Å². The molecule has 3 rings (SSSR count). The normalized spacial score (nSPS) is 18.1. The Labute approximate surface area is 217 Å². The van der Waals surface area contributed by atoms with Crippen molar-refractivity contribution in [3.05, 3.63) is 36.0 Å². The van der Waals surface area contributed by atoms with Gasteiger partial charge >= 0.3 is 5.97 Å². The molecule has 0 spiro atoms. The van der Waals surface area contributed by atoms with Crippen LogP contribution in [0.15, 0.2) is 30.5 Å². The standard InChI is InChI=1S/C27H39N5O5/c1-15(2)12-21(26(35)32-11-7-10-22(32)27(36)37)30-25(34)23(16(3)4)31-24(33)19(28)13-17-14-29-20-9-6-5-8-18(17)20/h5-6,8-9,14-16,19,21-23,29H,7,10-13,28H2,1-4H3,(H,30,34)(H,31,33)(H,36,37). The lowest BCUT2D eigenvalue weighted by atomic mass is 9.98. The van der Waals surface area contributed by atoms with Crippen LogP contribution < -0.4 is 16.4 Å². The van der Waals surface area contributed by atoms with E-state index in [-0.39, 0.29) is 11.8 Å². The molecule has 4 unspecified atom stereocenters. The predicted molar refractivity (Wildman–Crippen MR) is 141 cm³/mol. The number of benzene rings is 1. The maximum atomic E-state index is 13.3. The third-order valence-corrected chi connectivity index (χ3v) is 6.84. The van der Waals surface area contributed by atoms with Gasteiger partial charge in [-0.25, -0.2) is 4.79 Å². The number of hydrogen-bond donors (Lipinski definition) is 5. The zero-order chi connectivity index (χ0) is 27.3. The van der Waals surface area contributed by atoms with Gasteiger partial charge < -0.3 is 31.4 Å². The third-order valence-electron chi connectivity index (χ3n) is 6.84. The molecular weight excluding hydrogens is 474 g/mol. The van der Waals surface area contributed by atoms with Gasteiger partial charge in [0.05, 0.1) is 6.04 Å². The molecule has 4 atom stereocenters. The quantitative estimate of drug-likeness (QED) is 0.308. The minimum Gasteiger partial charge on any atom is -0.480 e. The highest BCUT2D eigenvalue weighted by molar-refractivity contribution is 5.94. The van der Waals surface area contributed by atoms with Crippen LogP contribution in [0.2, 0.25) is 0 Å². The Hall–Kier alpha value is -3.40. The lowest BCUT2D eigenvalue weighted by Crippen LogP contribution is -2.58. The fourth-order valence-corrected chi connectivity index (χ4v) is 4.87. The molecule has 202 valence electrons. The van der Waals surface area contributed by atoms with Crippen molar-refractivity contribution in [2.75, 3.05) is 6.54 Å². The van der Waals surface area contributed by atoms with E-state index in [2.05, 4.69) is 15.6 Å². The number of aliphatic carboxylic acids is 1. The molecule has 1 aromatic heterocycles. The van der Waals surface area contributed by atoms with Gasteiger partial charge in [0.1, 0.15) is 18.1 Å². The van der Waals surface area contributed by atoms with Crippen LogP contribution >= 0.6 is 0 Å². The molecule has 0 bridgehead atoms. The van der Waals surface area contributed by atoms with E-state index >= 15 is 0 Å². The molecule has 2 heterocycles. The van der Waals surface area contributed by atoms with Crippen molar-refractivity contribution in [3.8, 4) is 0 Å². The first-order valence-corrected chi connectivity index (χ1v) is 12.9. The fraction of sp³-hybridized carbons (Fsp3) is 0.556. The van der Waals surface area contributed by atoms with Gasteiger partial charge in [0.15, 0.2) is 0 Å². The SMILES string of the molecule is CC(C)CC(NC(=O)C(NC(=O)C(N)Cc1c[nH]c2ccccc12)C(C)C)C(=O)N1CCCC1C(=O)O. The van der Waals surface area contributed by atoms with E-state index in [1.165, 1.54) is 4.90 Å². The molecule has 10 heteroatoms. The van der Waals surface area contributed by atoms with E-state index in [0.717, 1.165) is 16.5 Å². The molecule has 1 saturated heterocycles. The van der Waals surface area contributed by atoms with Gasteiger partial charge in [0.25, 0.3) is 0 Å². The first-order valence-electron chi connectivity index (χ1n) is 12.9. The summed E-state index contributed by atoms with van der Waals surface area (Å²) in [7, 11) is 0. The van der Waals surface area contributed by atoms with Gasteiger partial charge in [0.2, 0.25) is 17.7 Å². The van der Waals surface area contributed by atoms with E-state index in [9.17, 15) is 24.3 Å². The van der Waals surface area contributed by atoms with E-state index in [1.54, 1.807) is 13.8 Å².